The van der Waals surface area contributed by atoms with E-state index in [1.807, 2.05) is 24.3 Å². The van der Waals surface area contributed by atoms with Gasteiger partial charge in [0.25, 0.3) is 11.8 Å². The summed E-state index contributed by atoms with van der Waals surface area (Å²) in [5.41, 5.74) is 8.20. The molecule has 2 amide bonds. The SMILES string of the molecule is Cc1c(-c2cc3ccc(-c4ccc5c(c4)CNC5=O)nc3n2CC2CC2)oc2cc(C(=O)N3CC4CCC3C4C)ccc12. The van der Waals surface area contributed by atoms with E-state index in [0.717, 1.165) is 80.9 Å². The van der Waals surface area contributed by atoms with Crippen LogP contribution in [0.4, 0.5) is 0 Å². The van der Waals surface area contributed by atoms with Crippen molar-refractivity contribution in [1.82, 2.24) is 19.8 Å². The van der Waals surface area contributed by atoms with Gasteiger partial charge in [-0.25, -0.2) is 4.98 Å². The molecular formula is C36H34N4O3. The van der Waals surface area contributed by atoms with Crippen molar-refractivity contribution < 1.29 is 14.0 Å². The van der Waals surface area contributed by atoms with Crippen LogP contribution in [0, 0.1) is 24.7 Å². The lowest BCUT2D eigenvalue weighted by molar-refractivity contribution is 0.0696. The van der Waals surface area contributed by atoms with Crippen molar-refractivity contribution in [3.8, 4) is 22.7 Å². The molecule has 3 fully saturated rings. The van der Waals surface area contributed by atoms with E-state index in [1.165, 1.54) is 19.3 Å². The smallest absolute Gasteiger partial charge is 0.254 e. The average Bonchev–Trinajstić information content (AvgIpc) is 3.23. The number of nitrogens with one attached hydrogen (secondary N) is 1. The molecule has 2 saturated carbocycles. The predicted molar refractivity (Wildman–Crippen MR) is 166 cm³/mol. The number of nitrogens with zero attached hydrogens (tertiary/aromatic N) is 3. The molecule has 7 nitrogen and oxygen atoms in total. The number of aromatic nitrogens is 2. The average molecular weight is 571 g/mol. The van der Waals surface area contributed by atoms with Crippen LogP contribution in [-0.4, -0.2) is 38.9 Å². The molecule has 0 spiro atoms. The summed E-state index contributed by atoms with van der Waals surface area (Å²) in [4.78, 5) is 32.9. The van der Waals surface area contributed by atoms with Gasteiger partial charge in [0.05, 0.1) is 11.4 Å². The van der Waals surface area contributed by atoms with E-state index in [-0.39, 0.29) is 11.8 Å². The molecule has 43 heavy (non-hydrogen) atoms. The van der Waals surface area contributed by atoms with Gasteiger partial charge in [0.15, 0.2) is 5.76 Å². The molecule has 1 N–H and O–H groups in total. The van der Waals surface area contributed by atoms with Gasteiger partial charge in [-0.2, -0.15) is 0 Å². The van der Waals surface area contributed by atoms with Crippen molar-refractivity contribution in [2.45, 2.75) is 58.7 Å². The Morgan fingerprint density at radius 1 is 1.05 bits per heavy atom. The number of hydrogen-bond donors (Lipinski definition) is 1. The molecule has 1 saturated heterocycles. The Morgan fingerprint density at radius 3 is 2.72 bits per heavy atom. The Labute approximate surface area is 249 Å². The molecule has 5 heterocycles. The summed E-state index contributed by atoms with van der Waals surface area (Å²) in [6, 6.07) is 18.7. The number of aryl methyl sites for hydroxylation is 1. The number of piperidine rings is 1. The Kier molecular flexibility index (Phi) is 5.29. The molecular weight excluding hydrogens is 536 g/mol. The standard InChI is InChI=1S/C36H34N4O3/c1-19-25-8-12-30(19)40(18-25)36(42)24-6-9-27-20(2)33(43-32(27)15-24)31-14-23-7-11-29(38-34(23)39(31)17-21-3-4-21)22-5-10-28-26(13-22)16-37-35(28)41/h5-7,9-11,13-15,19,21,25,30H,3-4,8,12,16-18H2,1-2H3,(H,37,41). The highest BCUT2D eigenvalue weighted by Gasteiger charge is 2.46. The van der Waals surface area contributed by atoms with Crippen LogP contribution in [0.1, 0.15) is 64.4 Å². The highest BCUT2D eigenvalue weighted by atomic mass is 16.3. The van der Waals surface area contributed by atoms with E-state index in [4.69, 9.17) is 9.40 Å². The van der Waals surface area contributed by atoms with E-state index in [1.54, 1.807) is 0 Å². The molecule has 2 aliphatic carbocycles. The van der Waals surface area contributed by atoms with Crippen LogP contribution in [0.25, 0.3) is 44.7 Å². The molecule has 3 aromatic heterocycles. The number of hydrogen-bond acceptors (Lipinski definition) is 4. The summed E-state index contributed by atoms with van der Waals surface area (Å²) in [6.07, 6.45) is 4.82. The number of carbonyl (C=O) groups excluding carboxylic acids is 2. The van der Waals surface area contributed by atoms with Crippen molar-refractivity contribution >= 4 is 33.8 Å². The second kappa shape index (κ2) is 9.06. The lowest BCUT2D eigenvalue weighted by atomic mass is 10.0. The lowest BCUT2D eigenvalue weighted by Crippen LogP contribution is -2.38. The second-order valence-electron chi connectivity index (χ2n) is 13.2. The summed E-state index contributed by atoms with van der Waals surface area (Å²) in [5.74, 6) is 2.84. The van der Waals surface area contributed by atoms with Crippen LogP contribution in [0.3, 0.4) is 0 Å². The molecule has 7 heteroatoms. The van der Waals surface area contributed by atoms with Gasteiger partial charge < -0.3 is 19.2 Å². The first kappa shape index (κ1) is 25.1. The molecule has 216 valence electrons. The minimum absolute atomic E-state index is 0.0109. The van der Waals surface area contributed by atoms with Crippen molar-refractivity contribution in [1.29, 1.82) is 0 Å². The molecule has 2 bridgehead atoms. The number of rotatable bonds is 5. The predicted octanol–water partition coefficient (Wildman–Crippen LogP) is 6.95. The van der Waals surface area contributed by atoms with Gasteiger partial charge in [0.2, 0.25) is 0 Å². The summed E-state index contributed by atoms with van der Waals surface area (Å²) in [7, 11) is 0. The van der Waals surface area contributed by atoms with E-state index >= 15 is 0 Å². The third-order valence-electron chi connectivity index (χ3n) is 10.7. The fourth-order valence-corrected chi connectivity index (χ4v) is 7.92. The molecule has 2 aromatic carbocycles. The molecule has 9 rings (SSSR count). The number of fused-ring (bicyclic) bond motifs is 5. The zero-order valence-corrected chi connectivity index (χ0v) is 24.5. The highest BCUT2D eigenvalue weighted by Crippen LogP contribution is 2.44. The van der Waals surface area contributed by atoms with Crippen molar-refractivity contribution in [3.63, 3.8) is 0 Å². The first-order valence-electron chi connectivity index (χ1n) is 15.7. The van der Waals surface area contributed by atoms with Crippen LogP contribution >= 0.6 is 0 Å². The van der Waals surface area contributed by atoms with Gasteiger partial charge in [-0.15, -0.1) is 0 Å². The van der Waals surface area contributed by atoms with Crippen LogP contribution in [0.2, 0.25) is 0 Å². The number of furan rings is 1. The zero-order chi connectivity index (χ0) is 29.0. The fraction of sp³-hybridized carbons (Fsp3) is 0.361. The van der Waals surface area contributed by atoms with Crippen LogP contribution in [0.5, 0.6) is 0 Å². The highest BCUT2D eigenvalue weighted by molar-refractivity contribution is 6.00. The number of benzene rings is 2. The Bertz CT molecular complexity index is 2000. The van der Waals surface area contributed by atoms with Gasteiger partial charge in [0.1, 0.15) is 11.2 Å². The normalized spacial score (nSPS) is 22.6. The molecule has 4 aliphatic rings. The third-order valence-corrected chi connectivity index (χ3v) is 10.7. The van der Waals surface area contributed by atoms with Crippen molar-refractivity contribution in [2.75, 3.05) is 6.54 Å². The maximum atomic E-state index is 13.6. The largest absolute Gasteiger partial charge is 0.454 e. The first-order valence-corrected chi connectivity index (χ1v) is 15.7. The first-order chi connectivity index (χ1) is 20.9. The van der Waals surface area contributed by atoms with E-state index < -0.39 is 0 Å². The maximum Gasteiger partial charge on any atom is 0.254 e. The Morgan fingerprint density at radius 2 is 1.93 bits per heavy atom. The molecule has 3 unspecified atom stereocenters. The zero-order valence-electron chi connectivity index (χ0n) is 24.5. The van der Waals surface area contributed by atoms with E-state index in [9.17, 15) is 9.59 Å². The van der Waals surface area contributed by atoms with Gasteiger partial charge >= 0.3 is 0 Å². The number of pyridine rings is 1. The van der Waals surface area contributed by atoms with Crippen molar-refractivity contribution in [3.05, 3.63) is 76.9 Å². The molecule has 5 aromatic rings. The molecule has 2 aliphatic heterocycles. The maximum absolute atomic E-state index is 13.6. The summed E-state index contributed by atoms with van der Waals surface area (Å²) < 4.78 is 8.94. The van der Waals surface area contributed by atoms with Gasteiger partial charge in [0, 0.05) is 58.7 Å². The lowest BCUT2D eigenvalue weighted by Gasteiger charge is -2.27. The van der Waals surface area contributed by atoms with Gasteiger partial charge in [-0.1, -0.05) is 19.1 Å². The van der Waals surface area contributed by atoms with Gasteiger partial charge in [-0.05, 0) is 98.4 Å². The van der Waals surface area contributed by atoms with Crippen molar-refractivity contribution in [2.24, 2.45) is 17.8 Å². The number of amides is 2. The quantitative estimate of drug-likeness (QED) is 0.248. The van der Waals surface area contributed by atoms with Gasteiger partial charge in [-0.3, -0.25) is 9.59 Å². The van der Waals surface area contributed by atoms with Crippen LogP contribution < -0.4 is 5.32 Å². The monoisotopic (exact) mass is 570 g/mol. The van der Waals surface area contributed by atoms with Crippen LogP contribution in [0.15, 0.2) is 59.0 Å². The minimum atomic E-state index is -0.0109. The van der Waals surface area contributed by atoms with E-state index in [2.05, 4.69) is 59.0 Å². The Hall–Kier alpha value is -4.39. The summed E-state index contributed by atoms with van der Waals surface area (Å²) >= 11 is 0. The summed E-state index contributed by atoms with van der Waals surface area (Å²) in [5, 5.41) is 5.02. The van der Waals surface area contributed by atoms with E-state index in [0.29, 0.717) is 35.9 Å². The third kappa shape index (κ3) is 3.83. The Balaban J connectivity index is 1.11. The minimum Gasteiger partial charge on any atom is -0.454 e. The number of likely N-dealkylation sites (tertiary alicyclic amines) is 1. The fourth-order valence-electron chi connectivity index (χ4n) is 7.92. The topological polar surface area (TPSA) is 80.4 Å². The second-order valence-corrected chi connectivity index (χ2v) is 13.2. The van der Waals surface area contributed by atoms with Crippen LogP contribution in [-0.2, 0) is 13.1 Å². The molecule has 0 radical (unpaired) electrons. The number of carbonyl (C=O) groups is 2. The molecule has 3 atom stereocenters. The summed E-state index contributed by atoms with van der Waals surface area (Å²) in [6.45, 7) is 6.74.